The molecule has 0 aliphatic carbocycles. The second kappa shape index (κ2) is 7.51. The third kappa shape index (κ3) is 4.62. The summed E-state index contributed by atoms with van der Waals surface area (Å²) >= 11 is 0. The number of halogens is 6. The third-order valence-corrected chi connectivity index (χ3v) is 5.80. The molecule has 0 amide bonds. The Morgan fingerprint density at radius 3 is 2.32 bits per heavy atom. The molecule has 14 heteroatoms. The first-order valence-corrected chi connectivity index (χ1v) is 9.96. The van der Waals surface area contributed by atoms with Crippen molar-refractivity contribution in [2.45, 2.75) is 24.4 Å². The van der Waals surface area contributed by atoms with Crippen LogP contribution in [0.1, 0.15) is 12.5 Å². The van der Waals surface area contributed by atoms with Gasteiger partial charge in [0.1, 0.15) is 10.6 Å². The lowest BCUT2D eigenvalue weighted by Crippen LogP contribution is -2.25. The third-order valence-electron chi connectivity index (χ3n) is 4.07. The van der Waals surface area contributed by atoms with E-state index in [1.54, 1.807) is 0 Å². The molecule has 0 fully saturated rings. The number of hydrogen-bond donors (Lipinski definition) is 0. The highest BCUT2D eigenvalue weighted by Gasteiger charge is 2.33. The molecule has 3 rings (SSSR count). The van der Waals surface area contributed by atoms with Gasteiger partial charge in [0.25, 0.3) is 5.56 Å². The van der Waals surface area contributed by atoms with Crippen molar-refractivity contribution in [2.75, 3.05) is 5.75 Å². The van der Waals surface area contributed by atoms with Crippen molar-refractivity contribution in [1.29, 1.82) is 0 Å². The minimum atomic E-state index is -5.14. The van der Waals surface area contributed by atoms with Crippen molar-refractivity contribution >= 4 is 20.6 Å². The maximum atomic E-state index is 13.0. The maximum absolute atomic E-state index is 13.0. The zero-order chi connectivity index (χ0) is 23.2. The Kier molecular flexibility index (Phi) is 5.46. The molecule has 3 aromatic rings. The van der Waals surface area contributed by atoms with Gasteiger partial charge in [-0.1, -0.05) is 13.0 Å². The minimum absolute atomic E-state index is 0.0335. The van der Waals surface area contributed by atoms with E-state index >= 15 is 0 Å². The molecule has 166 valence electrons. The average Bonchev–Trinajstić information content (AvgIpc) is 2.66. The van der Waals surface area contributed by atoms with Crippen molar-refractivity contribution in [2.24, 2.45) is 0 Å². The van der Waals surface area contributed by atoms with E-state index < -0.39 is 61.1 Å². The van der Waals surface area contributed by atoms with Gasteiger partial charge in [-0.3, -0.25) is 4.79 Å². The van der Waals surface area contributed by atoms with E-state index in [9.17, 15) is 39.6 Å². The van der Waals surface area contributed by atoms with Crippen LogP contribution in [0.5, 0.6) is 5.75 Å². The fourth-order valence-electron chi connectivity index (χ4n) is 2.62. The highest BCUT2D eigenvalue weighted by atomic mass is 32.2. The van der Waals surface area contributed by atoms with Gasteiger partial charge >= 0.3 is 12.5 Å². The Bertz CT molecular complexity index is 1320. The molecule has 0 unspecified atom stereocenters. The fourth-order valence-corrected chi connectivity index (χ4v) is 3.64. The summed E-state index contributed by atoms with van der Waals surface area (Å²) < 4.78 is 105. The summed E-state index contributed by atoms with van der Waals surface area (Å²) in [7, 11) is -4.25. The van der Waals surface area contributed by atoms with E-state index in [0.717, 1.165) is 18.3 Å². The lowest BCUT2D eigenvalue weighted by atomic mass is 10.1. The van der Waals surface area contributed by atoms with Gasteiger partial charge in [0.2, 0.25) is 0 Å². The monoisotopic (exact) mass is 467 g/mol. The number of ether oxygens (including phenoxy) is 1. The first-order valence-electron chi connectivity index (χ1n) is 8.31. The molecular weight excluding hydrogens is 456 g/mol. The molecule has 0 bridgehead atoms. The zero-order valence-electron chi connectivity index (χ0n) is 15.3. The number of rotatable bonds is 4. The minimum Gasteiger partial charge on any atom is -0.404 e. The second-order valence-corrected chi connectivity index (χ2v) is 8.35. The van der Waals surface area contributed by atoms with Gasteiger partial charge in [-0.15, -0.1) is 13.2 Å². The molecule has 0 radical (unpaired) electrons. The number of nitrogens with zero attached hydrogens (tertiary/aromatic N) is 3. The molecule has 31 heavy (non-hydrogen) atoms. The van der Waals surface area contributed by atoms with Crippen LogP contribution in [0.25, 0.3) is 16.6 Å². The molecule has 0 aliphatic heterocycles. The highest BCUT2D eigenvalue weighted by molar-refractivity contribution is 7.91. The molecule has 2 aromatic heterocycles. The summed E-state index contributed by atoms with van der Waals surface area (Å²) in [6.07, 6.45) is -8.37. The van der Waals surface area contributed by atoms with Gasteiger partial charge < -0.3 is 4.74 Å². The predicted molar refractivity (Wildman–Crippen MR) is 94.5 cm³/mol. The van der Waals surface area contributed by atoms with Crippen LogP contribution >= 0.6 is 0 Å². The summed E-state index contributed by atoms with van der Waals surface area (Å²) in [6.45, 7) is 1.20. The lowest BCUT2D eigenvalue weighted by molar-refractivity contribution is -0.274. The van der Waals surface area contributed by atoms with Gasteiger partial charge in [0.15, 0.2) is 15.7 Å². The van der Waals surface area contributed by atoms with Crippen LogP contribution in [-0.4, -0.2) is 35.3 Å². The fraction of sp³-hybridized carbons (Fsp3) is 0.235. The molecule has 0 atom stereocenters. The molecule has 7 nitrogen and oxygen atoms in total. The molecule has 0 spiro atoms. The van der Waals surface area contributed by atoms with Crippen LogP contribution in [0, 0.1) is 0 Å². The van der Waals surface area contributed by atoms with E-state index in [1.807, 2.05) is 0 Å². The number of benzene rings is 1. The molecule has 2 heterocycles. The van der Waals surface area contributed by atoms with Crippen LogP contribution in [0.4, 0.5) is 26.3 Å². The van der Waals surface area contributed by atoms with Gasteiger partial charge in [-0.25, -0.2) is 13.4 Å². The standard InChI is InChI=1S/C17H11F6N3O4S/c1-2-31(28,29)13-6-11(30-17(21,22)23)8-24-14(13)26-15(27)12-5-10(16(18,19)20)4-3-9(12)7-25-26/h3-8H,2H2,1H3. The summed E-state index contributed by atoms with van der Waals surface area (Å²) in [6, 6.07) is 2.82. The molecular formula is C17H11F6N3O4S. The molecule has 0 aliphatic rings. The van der Waals surface area contributed by atoms with Crippen LogP contribution in [-0.2, 0) is 16.0 Å². The van der Waals surface area contributed by atoms with Crippen molar-refractivity contribution in [3.8, 4) is 11.6 Å². The summed E-state index contributed by atoms with van der Waals surface area (Å²) in [5.74, 6) is -2.21. The quantitative estimate of drug-likeness (QED) is 0.546. The van der Waals surface area contributed by atoms with Crippen molar-refractivity contribution in [1.82, 2.24) is 14.8 Å². The van der Waals surface area contributed by atoms with Crippen molar-refractivity contribution in [3.05, 3.63) is 52.6 Å². The number of alkyl halides is 6. The van der Waals surface area contributed by atoms with E-state index in [-0.39, 0.29) is 5.39 Å². The van der Waals surface area contributed by atoms with E-state index in [2.05, 4.69) is 14.8 Å². The Hall–Kier alpha value is -3.16. The Balaban J connectivity index is 2.28. The largest absolute Gasteiger partial charge is 0.573 e. The zero-order valence-corrected chi connectivity index (χ0v) is 16.1. The van der Waals surface area contributed by atoms with Crippen molar-refractivity contribution < 1.29 is 39.5 Å². The number of fused-ring (bicyclic) bond motifs is 1. The van der Waals surface area contributed by atoms with Crippen LogP contribution < -0.4 is 10.3 Å². The SMILES string of the molecule is CCS(=O)(=O)c1cc(OC(F)(F)F)cnc1-n1ncc2ccc(C(F)(F)F)cc2c1=O. The van der Waals surface area contributed by atoms with Crippen LogP contribution in [0.15, 0.2) is 46.3 Å². The Morgan fingerprint density at radius 2 is 1.74 bits per heavy atom. The van der Waals surface area contributed by atoms with Crippen LogP contribution in [0.2, 0.25) is 0 Å². The molecule has 1 aromatic carbocycles. The number of hydrogen-bond acceptors (Lipinski definition) is 6. The predicted octanol–water partition coefficient (Wildman–Crippen LogP) is 3.49. The lowest BCUT2D eigenvalue weighted by Gasteiger charge is -2.14. The van der Waals surface area contributed by atoms with Crippen molar-refractivity contribution in [3.63, 3.8) is 0 Å². The summed E-state index contributed by atoms with van der Waals surface area (Å²) in [5, 5.41) is 3.31. The molecule has 0 saturated heterocycles. The maximum Gasteiger partial charge on any atom is 0.573 e. The van der Waals surface area contributed by atoms with Gasteiger partial charge in [-0.05, 0) is 12.1 Å². The second-order valence-electron chi connectivity index (χ2n) is 6.11. The Morgan fingerprint density at radius 1 is 1.06 bits per heavy atom. The summed E-state index contributed by atoms with van der Waals surface area (Å²) in [5.41, 5.74) is -2.27. The van der Waals surface area contributed by atoms with Gasteiger partial charge in [-0.2, -0.15) is 23.0 Å². The number of pyridine rings is 1. The van der Waals surface area contributed by atoms with E-state index in [4.69, 9.17) is 0 Å². The first kappa shape index (κ1) is 22.5. The molecule has 0 N–H and O–H groups in total. The molecule has 0 saturated carbocycles. The number of aromatic nitrogens is 3. The topological polar surface area (TPSA) is 91.2 Å². The smallest absolute Gasteiger partial charge is 0.404 e. The van der Waals surface area contributed by atoms with E-state index in [1.165, 1.54) is 6.92 Å². The summed E-state index contributed by atoms with van der Waals surface area (Å²) in [4.78, 5) is 15.5. The van der Waals surface area contributed by atoms with Crippen LogP contribution in [0.3, 0.4) is 0 Å². The van der Waals surface area contributed by atoms with Gasteiger partial charge in [0.05, 0.1) is 29.1 Å². The van der Waals surface area contributed by atoms with E-state index in [0.29, 0.717) is 23.0 Å². The highest BCUT2D eigenvalue weighted by Crippen LogP contribution is 2.31. The number of sulfone groups is 1. The average molecular weight is 467 g/mol. The normalized spacial score (nSPS) is 12.9. The first-order chi connectivity index (χ1) is 14.2. The van der Waals surface area contributed by atoms with Gasteiger partial charge in [0, 0.05) is 11.5 Å². The Labute approximate surface area is 169 Å².